The Morgan fingerprint density at radius 3 is 2.52 bits per heavy atom. The van der Waals surface area contributed by atoms with E-state index < -0.39 is 13.2 Å². The van der Waals surface area contributed by atoms with Gasteiger partial charge >= 0.3 is 13.2 Å². The minimum atomic E-state index is -3.36. The minimum Gasteiger partial charge on any atom is -0.424 e. The highest BCUT2D eigenvalue weighted by atomic mass is 31.2. The average molecular weight is 363 g/mol. The Morgan fingerprint density at radius 1 is 1.32 bits per heavy atom. The fourth-order valence-corrected chi connectivity index (χ4v) is 3.61. The van der Waals surface area contributed by atoms with Crippen LogP contribution in [0.5, 0.6) is 5.75 Å². The molecular formula is C18H22NO5P. The average Bonchev–Trinajstić information content (AvgIpc) is 2.45. The molecule has 0 spiro atoms. The summed E-state index contributed by atoms with van der Waals surface area (Å²) in [4.78, 5) is 11.8. The van der Waals surface area contributed by atoms with Crippen LogP contribution in [0.25, 0.3) is 11.0 Å². The fraction of sp³-hybridized carbons (Fsp3) is 0.444. The molecule has 2 rings (SSSR count). The molecule has 0 amide bonds. The first-order valence-electron chi connectivity index (χ1n) is 7.87. The zero-order valence-electron chi connectivity index (χ0n) is 15.2. The number of nitriles is 1. The van der Waals surface area contributed by atoms with Crippen molar-refractivity contribution in [3.8, 4) is 11.8 Å². The molecule has 25 heavy (non-hydrogen) atoms. The van der Waals surface area contributed by atoms with Crippen molar-refractivity contribution in [1.82, 2.24) is 0 Å². The van der Waals surface area contributed by atoms with E-state index in [0.717, 1.165) is 0 Å². The molecule has 0 radical (unpaired) electrons. The summed E-state index contributed by atoms with van der Waals surface area (Å²) >= 11 is 0. The Bertz CT molecular complexity index is 949. The smallest absolute Gasteiger partial charge is 0.376 e. The lowest BCUT2D eigenvalue weighted by Crippen LogP contribution is -2.25. The number of rotatable bonds is 4. The van der Waals surface area contributed by atoms with Gasteiger partial charge in [0.2, 0.25) is 0 Å². The molecule has 0 saturated heterocycles. The zero-order chi connectivity index (χ0) is 19.0. The molecule has 2 aromatic rings. The SMILES string of the molecule is Cc1c(C#N)c(=O)oc2cc(OP(C)(=O)OC(C)C(C)(C)C)ccc12. The number of hydrogen-bond acceptors (Lipinski definition) is 6. The van der Waals surface area contributed by atoms with Crippen LogP contribution >= 0.6 is 7.60 Å². The summed E-state index contributed by atoms with van der Waals surface area (Å²) in [5.41, 5.74) is -0.109. The number of benzene rings is 1. The van der Waals surface area contributed by atoms with Crippen molar-refractivity contribution in [2.75, 3.05) is 6.66 Å². The van der Waals surface area contributed by atoms with E-state index in [-0.39, 0.29) is 28.4 Å². The van der Waals surface area contributed by atoms with E-state index in [9.17, 15) is 9.36 Å². The number of aryl methyl sites for hydroxylation is 1. The summed E-state index contributed by atoms with van der Waals surface area (Å²) in [5.74, 6) is 0.270. The molecule has 0 aliphatic carbocycles. The van der Waals surface area contributed by atoms with Gasteiger partial charge in [-0.2, -0.15) is 5.26 Å². The van der Waals surface area contributed by atoms with Gasteiger partial charge in [0.05, 0.1) is 6.10 Å². The van der Waals surface area contributed by atoms with Crippen molar-refractivity contribution in [3.63, 3.8) is 0 Å². The molecule has 0 fully saturated rings. The molecule has 134 valence electrons. The maximum atomic E-state index is 12.6. The van der Waals surface area contributed by atoms with E-state index in [2.05, 4.69) is 0 Å². The molecule has 0 aliphatic rings. The maximum absolute atomic E-state index is 12.6. The van der Waals surface area contributed by atoms with Gasteiger partial charge < -0.3 is 8.94 Å². The number of fused-ring (bicyclic) bond motifs is 1. The second kappa shape index (κ2) is 6.67. The molecule has 2 unspecified atom stereocenters. The van der Waals surface area contributed by atoms with Crippen LogP contribution in [0.15, 0.2) is 27.4 Å². The second-order valence-corrected chi connectivity index (χ2v) is 9.07. The Morgan fingerprint density at radius 2 is 1.96 bits per heavy atom. The third-order valence-electron chi connectivity index (χ3n) is 4.09. The van der Waals surface area contributed by atoms with Crippen molar-refractivity contribution in [1.29, 1.82) is 5.26 Å². The Kier molecular flexibility index (Phi) is 5.13. The number of hydrogen-bond donors (Lipinski definition) is 0. The van der Waals surface area contributed by atoms with E-state index in [4.69, 9.17) is 18.7 Å². The summed E-state index contributed by atoms with van der Waals surface area (Å²) in [5, 5.41) is 9.65. The quantitative estimate of drug-likeness (QED) is 0.581. The third-order valence-corrected chi connectivity index (χ3v) is 5.33. The molecule has 2 atom stereocenters. The van der Waals surface area contributed by atoms with Gasteiger partial charge in [-0.3, -0.25) is 4.52 Å². The summed E-state index contributed by atoms with van der Waals surface area (Å²) in [7, 11) is -3.36. The van der Waals surface area contributed by atoms with E-state index in [0.29, 0.717) is 10.9 Å². The topological polar surface area (TPSA) is 89.5 Å². The van der Waals surface area contributed by atoms with Crippen LogP contribution in [0.4, 0.5) is 0 Å². The van der Waals surface area contributed by atoms with Gasteiger partial charge in [-0.05, 0) is 37.0 Å². The molecule has 0 saturated carbocycles. The maximum Gasteiger partial charge on any atom is 0.376 e. The van der Waals surface area contributed by atoms with Crippen LogP contribution in [0, 0.1) is 23.7 Å². The Hall–Kier alpha value is -2.09. The van der Waals surface area contributed by atoms with Gasteiger partial charge in [0.1, 0.15) is 23.0 Å². The third kappa shape index (κ3) is 4.31. The lowest BCUT2D eigenvalue weighted by atomic mass is 9.91. The van der Waals surface area contributed by atoms with E-state index >= 15 is 0 Å². The summed E-state index contributed by atoms with van der Waals surface area (Å²) in [6, 6.07) is 6.59. The first-order valence-corrected chi connectivity index (χ1v) is 9.86. The molecular weight excluding hydrogens is 341 g/mol. The van der Waals surface area contributed by atoms with Gasteiger partial charge in [0, 0.05) is 18.1 Å². The number of nitrogens with zero attached hydrogens (tertiary/aromatic N) is 1. The van der Waals surface area contributed by atoms with Crippen molar-refractivity contribution in [2.45, 2.75) is 40.7 Å². The molecule has 0 aliphatic heterocycles. The van der Waals surface area contributed by atoms with Crippen LogP contribution in [0.2, 0.25) is 0 Å². The predicted octanol–water partition coefficient (Wildman–Crippen LogP) is 4.63. The van der Waals surface area contributed by atoms with Crippen molar-refractivity contribution < 1.29 is 18.0 Å². The zero-order valence-corrected chi connectivity index (χ0v) is 16.1. The van der Waals surface area contributed by atoms with Crippen molar-refractivity contribution in [2.24, 2.45) is 5.41 Å². The van der Waals surface area contributed by atoms with E-state index in [1.807, 2.05) is 33.8 Å². The molecule has 0 bridgehead atoms. The lowest BCUT2D eigenvalue weighted by Gasteiger charge is -2.29. The normalized spacial score (nSPS) is 15.4. The van der Waals surface area contributed by atoms with Crippen LogP contribution in [0.1, 0.15) is 38.8 Å². The first kappa shape index (κ1) is 19.2. The molecule has 1 aromatic carbocycles. The van der Waals surface area contributed by atoms with E-state index in [1.54, 1.807) is 19.1 Å². The summed E-state index contributed by atoms with van der Waals surface area (Å²) < 4.78 is 28.9. The van der Waals surface area contributed by atoms with Crippen LogP contribution in [-0.2, 0) is 9.09 Å². The Labute approximate surface area is 146 Å². The highest BCUT2D eigenvalue weighted by Gasteiger charge is 2.29. The van der Waals surface area contributed by atoms with Gasteiger partial charge in [-0.15, -0.1) is 0 Å². The highest BCUT2D eigenvalue weighted by Crippen LogP contribution is 2.48. The molecule has 0 N–H and O–H groups in total. The minimum absolute atomic E-state index is 0.0235. The fourth-order valence-electron chi connectivity index (χ4n) is 2.18. The molecule has 6 nitrogen and oxygen atoms in total. The molecule has 1 aromatic heterocycles. The van der Waals surface area contributed by atoms with Crippen molar-refractivity contribution in [3.05, 3.63) is 39.7 Å². The van der Waals surface area contributed by atoms with Gasteiger partial charge in [-0.1, -0.05) is 20.8 Å². The van der Waals surface area contributed by atoms with Crippen LogP contribution in [-0.4, -0.2) is 12.8 Å². The summed E-state index contributed by atoms with van der Waals surface area (Å²) in [6.45, 7) is 10.9. The molecule has 1 heterocycles. The second-order valence-electron chi connectivity index (χ2n) is 7.14. The molecule has 7 heteroatoms. The monoisotopic (exact) mass is 363 g/mol. The van der Waals surface area contributed by atoms with Crippen LogP contribution < -0.4 is 10.1 Å². The summed E-state index contributed by atoms with van der Waals surface area (Å²) in [6.07, 6.45) is -0.276. The largest absolute Gasteiger partial charge is 0.424 e. The predicted molar refractivity (Wildman–Crippen MR) is 96.1 cm³/mol. The standard InChI is InChI=1S/C18H22NO5P/c1-11-14-8-7-13(9-16(14)22-17(20)15(11)10-19)24-25(6,21)23-12(2)18(3,4)5/h7-9,12H,1-6H3. The Balaban J connectivity index is 2.35. The van der Waals surface area contributed by atoms with Gasteiger partial charge in [0.15, 0.2) is 0 Å². The van der Waals surface area contributed by atoms with Gasteiger partial charge in [0.25, 0.3) is 0 Å². The van der Waals surface area contributed by atoms with Gasteiger partial charge in [-0.25, -0.2) is 9.36 Å². The lowest BCUT2D eigenvalue weighted by molar-refractivity contribution is 0.0935. The highest BCUT2D eigenvalue weighted by molar-refractivity contribution is 7.53. The first-order chi connectivity index (χ1) is 11.4. The van der Waals surface area contributed by atoms with E-state index in [1.165, 1.54) is 12.7 Å². The van der Waals surface area contributed by atoms with Crippen molar-refractivity contribution >= 4 is 18.6 Å². The van der Waals surface area contributed by atoms with Crippen LogP contribution in [0.3, 0.4) is 0 Å².